The average molecular weight is 626 g/mol. The van der Waals surface area contributed by atoms with E-state index in [1.807, 2.05) is 46.6 Å². The quantitative estimate of drug-likeness (QED) is 0.328. The number of amides is 2. The fourth-order valence-electron chi connectivity index (χ4n) is 6.47. The summed E-state index contributed by atoms with van der Waals surface area (Å²) in [6.07, 6.45) is 3.29. The highest BCUT2D eigenvalue weighted by Crippen LogP contribution is 2.51. The number of hydrogen-bond donors (Lipinski definition) is 1. The van der Waals surface area contributed by atoms with Crippen molar-refractivity contribution in [3.8, 4) is 16.9 Å². The average Bonchev–Trinajstić information content (AvgIpc) is 3.43. The van der Waals surface area contributed by atoms with Gasteiger partial charge in [-0.2, -0.15) is 8.78 Å². The summed E-state index contributed by atoms with van der Waals surface area (Å²) in [6.45, 7) is 5.93. The molecule has 2 aliphatic heterocycles. The number of benzene rings is 2. The second-order valence-electron chi connectivity index (χ2n) is 14.3. The number of alkyl carbamates (subject to hydrolysis) is 1. The van der Waals surface area contributed by atoms with Crippen molar-refractivity contribution in [2.45, 2.75) is 76.1 Å². The van der Waals surface area contributed by atoms with Crippen molar-refractivity contribution in [1.29, 1.82) is 0 Å². The number of fused-ring (bicyclic) bond motifs is 9. The minimum Gasteiger partial charge on any atom is -0.444 e. The Balaban J connectivity index is 1.42. The number of hydrogen-bond acceptors (Lipinski definition) is 7. The SMILES string of the molecule is BC(B)(B)N1C(=O)c2cccc(OC(F)F)c2[C@@H]2C[C@@H]1c1nc3ccc(-c4cnc(C(C)(C)NC(=O)OC(C)(C)C)nc4)cc3n12. The Morgan fingerprint density at radius 2 is 1.72 bits per heavy atom. The van der Waals surface area contributed by atoms with Gasteiger partial charge in [-0.3, -0.25) is 4.79 Å². The maximum atomic E-state index is 14.0. The highest BCUT2D eigenvalue weighted by atomic mass is 19.3. The molecule has 0 fully saturated rings. The van der Waals surface area contributed by atoms with Gasteiger partial charge in [0.2, 0.25) is 0 Å². The van der Waals surface area contributed by atoms with E-state index in [0.717, 1.165) is 16.6 Å². The number of alkyl halides is 2. The van der Waals surface area contributed by atoms with Crippen LogP contribution < -0.4 is 10.1 Å². The normalized spacial score (nSPS) is 17.9. The van der Waals surface area contributed by atoms with Gasteiger partial charge in [-0.25, -0.2) is 19.7 Å². The summed E-state index contributed by atoms with van der Waals surface area (Å²) in [5.41, 5.74) is 2.30. The fraction of sp³-hybridized carbons (Fsp3) is 0.387. The van der Waals surface area contributed by atoms with Crippen molar-refractivity contribution in [1.82, 2.24) is 29.7 Å². The largest absolute Gasteiger partial charge is 0.444 e. The van der Waals surface area contributed by atoms with Gasteiger partial charge < -0.3 is 24.3 Å². The Morgan fingerprint density at radius 1 is 1.02 bits per heavy atom. The minimum atomic E-state index is -3.04. The lowest BCUT2D eigenvalue weighted by Gasteiger charge is -2.40. The van der Waals surface area contributed by atoms with Crippen LogP contribution in [0.15, 0.2) is 48.8 Å². The molecule has 10 nitrogen and oxygen atoms in total. The van der Waals surface area contributed by atoms with Crippen molar-refractivity contribution >= 4 is 46.6 Å². The van der Waals surface area contributed by atoms with E-state index in [1.165, 1.54) is 6.07 Å². The predicted octanol–water partition coefficient (Wildman–Crippen LogP) is 2.86. The summed E-state index contributed by atoms with van der Waals surface area (Å²) >= 11 is 0. The van der Waals surface area contributed by atoms with Crippen molar-refractivity contribution in [2.75, 3.05) is 0 Å². The van der Waals surface area contributed by atoms with E-state index in [4.69, 9.17) is 14.5 Å². The number of nitrogens with zero attached hydrogens (tertiary/aromatic N) is 5. The van der Waals surface area contributed by atoms with E-state index in [2.05, 4.69) is 19.9 Å². The van der Waals surface area contributed by atoms with Crippen LogP contribution in [0.4, 0.5) is 13.6 Å². The zero-order chi connectivity index (χ0) is 33.3. The first-order valence-electron chi connectivity index (χ1n) is 15.2. The van der Waals surface area contributed by atoms with Gasteiger partial charge in [-0.1, -0.05) is 12.1 Å². The van der Waals surface area contributed by atoms with Crippen molar-refractivity contribution < 1.29 is 27.8 Å². The van der Waals surface area contributed by atoms with E-state index >= 15 is 0 Å². The standard InChI is InChI=1S/C31H35B3F2N6O4/c1-29(2,3)46-28(44)40-30(4,5)26-37-13-16(14-38-26)15-9-10-18-19(11-15)41-20-12-21(24(41)39-18)42(31(32,33)34)25(43)17-7-6-8-22(23(17)20)45-27(35)36/h6-11,13-14,20-21,27H,12,32-34H2,1-5H3,(H,40,44)/t20-,21+/m0/s1. The van der Waals surface area contributed by atoms with Crippen LogP contribution in [0.1, 0.15) is 80.7 Å². The van der Waals surface area contributed by atoms with Crippen LogP contribution in [-0.2, 0) is 10.3 Å². The Morgan fingerprint density at radius 3 is 2.35 bits per heavy atom. The molecule has 15 heteroatoms. The van der Waals surface area contributed by atoms with Gasteiger partial charge in [0.15, 0.2) is 5.82 Å². The zero-order valence-corrected chi connectivity index (χ0v) is 27.2. The van der Waals surface area contributed by atoms with Crippen LogP contribution in [0.2, 0.25) is 0 Å². The fourth-order valence-corrected chi connectivity index (χ4v) is 6.47. The molecule has 1 N–H and O–H groups in total. The Labute approximate surface area is 268 Å². The molecule has 0 aliphatic carbocycles. The molecule has 2 aromatic carbocycles. The summed E-state index contributed by atoms with van der Waals surface area (Å²) in [5.74, 6) is 0.848. The molecule has 236 valence electrons. The van der Waals surface area contributed by atoms with Gasteiger partial charge in [0.05, 0.1) is 28.7 Å². The number of aromatic nitrogens is 4. The van der Waals surface area contributed by atoms with Crippen molar-refractivity contribution in [2.24, 2.45) is 0 Å². The molecule has 0 radical (unpaired) electrons. The molecular formula is C31H35B3F2N6O4. The predicted molar refractivity (Wildman–Crippen MR) is 176 cm³/mol. The lowest BCUT2D eigenvalue weighted by molar-refractivity contribution is -0.0507. The van der Waals surface area contributed by atoms with Crippen LogP contribution in [0, 0.1) is 0 Å². The highest BCUT2D eigenvalue weighted by molar-refractivity contribution is 6.60. The maximum Gasteiger partial charge on any atom is 0.408 e. The molecule has 6 rings (SSSR count). The van der Waals surface area contributed by atoms with Gasteiger partial charge >= 0.3 is 12.7 Å². The number of imidazole rings is 1. The molecule has 2 bridgehead atoms. The summed E-state index contributed by atoms with van der Waals surface area (Å²) in [6, 6.07) is 9.71. The second kappa shape index (κ2) is 10.8. The Kier molecular flexibility index (Phi) is 7.44. The van der Waals surface area contributed by atoms with Crippen LogP contribution in [0.5, 0.6) is 5.75 Å². The van der Waals surface area contributed by atoms with E-state index in [1.54, 1.807) is 59.1 Å². The monoisotopic (exact) mass is 626 g/mol. The summed E-state index contributed by atoms with van der Waals surface area (Å²) in [5, 5.41) is 2.25. The maximum absolute atomic E-state index is 14.0. The number of carbonyl (C=O) groups excluding carboxylic acids is 2. The molecular weight excluding hydrogens is 591 g/mol. The number of ether oxygens (including phenoxy) is 2. The number of rotatable bonds is 6. The van der Waals surface area contributed by atoms with Gasteiger partial charge in [0.1, 0.15) is 40.7 Å². The first-order chi connectivity index (χ1) is 21.4. The molecule has 2 aromatic heterocycles. The van der Waals surface area contributed by atoms with Gasteiger partial charge in [-0.05, 0) is 69.7 Å². The van der Waals surface area contributed by atoms with Crippen molar-refractivity contribution in [3.05, 3.63) is 71.6 Å². The van der Waals surface area contributed by atoms with Crippen LogP contribution in [0.3, 0.4) is 0 Å². The number of nitrogens with one attached hydrogen (secondary N) is 1. The summed E-state index contributed by atoms with van der Waals surface area (Å²) in [7, 11) is 5.88. The van der Waals surface area contributed by atoms with E-state index in [-0.39, 0.29) is 17.7 Å². The molecule has 0 spiro atoms. The molecule has 4 aromatic rings. The van der Waals surface area contributed by atoms with Gasteiger partial charge in [0, 0.05) is 35.5 Å². The highest BCUT2D eigenvalue weighted by Gasteiger charge is 2.48. The molecule has 4 heterocycles. The minimum absolute atomic E-state index is 0.0159. The Hall–Kier alpha value is -4.42. The first-order valence-corrected chi connectivity index (χ1v) is 15.2. The number of halogens is 2. The molecule has 46 heavy (non-hydrogen) atoms. The zero-order valence-electron chi connectivity index (χ0n) is 27.2. The third-order valence-corrected chi connectivity index (χ3v) is 8.23. The topological polar surface area (TPSA) is 111 Å². The molecule has 2 aliphatic rings. The van der Waals surface area contributed by atoms with E-state index < -0.39 is 35.1 Å². The first kappa shape index (κ1) is 31.6. The molecule has 2 atom stereocenters. The van der Waals surface area contributed by atoms with Gasteiger partial charge in [-0.15, -0.1) is 0 Å². The van der Waals surface area contributed by atoms with E-state index in [9.17, 15) is 18.4 Å². The van der Waals surface area contributed by atoms with Crippen LogP contribution in [0.25, 0.3) is 22.2 Å². The molecule has 0 saturated heterocycles. The van der Waals surface area contributed by atoms with Crippen LogP contribution in [-0.4, -0.2) is 77.4 Å². The summed E-state index contributed by atoms with van der Waals surface area (Å²) in [4.78, 5) is 42.3. The smallest absolute Gasteiger partial charge is 0.408 e. The van der Waals surface area contributed by atoms with Gasteiger partial charge in [0.25, 0.3) is 5.91 Å². The third-order valence-electron chi connectivity index (χ3n) is 8.23. The van der Waals surface area contributed by atoms with Crippen LogP contribution >= 0.6 is 0 Å². The Bertz CT molecular complexity index is 1850. The lowest BCUT2D eigenvalue weighted by atomic mass is 9.48. The molecule has 0 saturated carbocycles. The third kappa shape index (κ3) is 5.60. The lowest BCUT2D eigenvalue weighted by Crippen LogP contribution is -2.54. The molecule has 0 unspecified atom stereocenters. The summed E-state index contributed by atoms with van der Waals surface area (Å²) < 4.78 is 39.6. The second-order valence-corrected chi connectivity index (χ2v) is 14.3. The van der Waals surface area contributed by atoms with Crippen molar-refractivity contribution in [3.63, 3.8) is 0 Å². The molecule has 2 amide bonds. The number of carbonyl (C=O) groups is 2. The van der Waals surface area contributed by atoms with E-state index in [0.29, 0.717) is 34.7 Å².